The lowest BCUT2D eigenvalue weighted by atomic mass is 10.2. The van der Waals surface area contributed by atoms with Gasteiger partial charge in [0.1, 0.15) is 30.1 Å². The van der Waals surface area contributed by atoms with Crippen molar-refractivity contribution in [2.75, 3.05) is 26.6 Å². The van der Waals surface area contributed by atoms with E-state index in [0.29, 0.717) is 28.6 Å². The molecule has 11 heteroatoms. The molecule has 0 radical (unpaired) electrons. The van der Waals surface area contributed by atoms with Crippen molar-refractivity contribution in [3.8, 4) is 22.9 Å². The van der Waals surface area contributed by atoms with Crippen LogP contribution >= 0.6 is 0 Å². The molecule has 0 saturated carbocycles. The molecule has 164 valence electrons. The highest BCUT2D eigenvalue weighted by Crippen LogP contribution is 2.28. The third-order valence-corrected chi connectivity index (χ3v) is 4.74. The lowest BCUT2D eigenvalue weighted by Crippen LogP contribution is -2.28. The standard InChI is InChI=1S/C21H20N6O5/c1-30-14-6-4-13(5-7-14)27-20-19(24-25-27)21(29)26(12-22-20)11-18(28)23-16-10-15(31-2)8-9-17(16)32-3/h4-10,12H,11H2,1-3H3,(H,23,28). The van der Waals surface area contributed by atoms with E-state index >= 15 is 0 Å². The Labute approximate surface area is 182 Å². The molecule has 4 aromatic rings. The molecule has 0 aliphatic carbocycles. The van der Waals surface area contributed by atoms with E-state index in [9.17, 15) is 9.59 Å². The van der Waals surface area contributed by atoms with E-state index in [2.05, 4.69) is 20.6 Å². The van der Waals surface area contributed by atoms with Crippen LogP contribution in [0, 0.1) is 0 Å². The van der Waals surface area contributed by atoms with Crippen LogP contribution in [0.1, 0.15) is 0 Å². The number of hydrogen-bond donors (Lipinski definition) is 1. The number of ether oxygens (including phenoxy) is 3. The van der Waals surface area contributed by atoms with E-state index in [4.69, 9.17) is 14.2 Å². The van der Waals surface area contributed by atoms with Crippen LogP contribution in [0.15, 0.2) is 53.6 Å². The van der Waals surface area contributed by atoms with Gasteiger partial charge in [0.25, 0.3) is 5.56 Å². The molecule has 2 heterocycles. The molecule has 0 unspecified atom stereocenters. The number of nitrogens with zero attached hydrogens (tertiary/aromatic N) is 5. The number of carbonyl (C=O) groups excluding carboxylic acids is 1. The van der Waals surface area contributed by atoms with Gasteiger partial charge in [-0.1, -0.05) is 5.21 Å². The highest BCUT2D eigenvalue weighted by molar-refractivity contribution is 5.92. The van der Waals surface area contributed by atoms with Gasteiger partial charge >= 0.3 is 0 Å². The number of nitrogens with one attached hydrogen (secondary N) is 1. The van der Waals surface area contributed by atoms with Gasteiger partial charge < -0.3 is 19.5 Å². The van der Waals surface area contributed by atoms with Gasteiger partial charge in [0, 0.05) is 6.07 Å². The first-order chi connectivity index (χ1) is 15.5. The molecule has 2 aromatic carbocycles. The van der Waals surface area contributed by atoms with Gasteiger partial charge in [0.05, 0.1) is 32.7 Å². The second-order valence-corrected chi connectivity index (χ2v) is 6.66. The number of methoxy groups -OCH3 is 3. The van der Waals surface area contributed by atoms with Gasteiger partial charge in [-0.2, -0.15) is 4.68 Å². The lowest BCUT2D eigenvalue weighted by molar-refractivity contribution is -0.116. The zero-order chi connectivity index (χ0) is 22.7. The molecule has 4 rings (SSSR count). The maximum Gasteiger partial charge on any atom is 0.284 e. The van der Waals surface area contributed by atoms with E-state index in [-0.39, 0.29) is 17.7 Å². The summed E-state index contributed by atoms with van der Waals surface area (Å²) < 4.78 is 18.2. The number of amides is 1. The SMILES string of the molecule is COc1ccc(-n2nnc3c(=O)n(CC(=O)Nc4cc(OC)ccc4OC)cnc32)cc1. The molecule has 0 bridgehead atoms. The van der Waals surface area contributed by atoms with E-state index in [0.717, 1.165) is 4.57 Å². The maximum atomic E-state index is 12.8. The monoisotopic (exact) mass is 436 g/mol. The van der Waals surface area contributed by atoms with Crippen molar-refractivity contribution in [2.45, 2.75) is 6.54 Å². The van der Waals surface area contributed by atoms with Crippen molar-refractivity contribution in [3.05, 3.63) is 59.1 Å². The summed E-state index contributed by atoms with van der Waals surface area (Å²) in [6.45, 7) is -0.266. The maximum absolute atomic E-state index is 12.8. The van der Waals surface area contributed by atoms with E-state index in [1.807, 2.05) is 0 Å². The van der Waals surface area contributed by atoms with Crippen LogP contribution in [0.25, 0.3) is 16.9 Å². The molecule has 0 aliphatic rings. The molecular weight excluding hydrogens is 416 g/mol. The van der Waals surface area contributed by atoms with Crippen LogP contribution in [-0.4, -0.2) is 51.8 Å². The largest absolute Gasteiger partial charge is 0.497 e. The van der Waals surface area contributed by atoms with E-state index in [1.165, 1.54) is 25.2 Å². The summed E-state index contributed by atoms with van der Waals surface area (Å²) in [4.78, 5) is 29.7. The number of rotatable bonds is 7. The smallest absolute Gasteiger partial charge is 0.284 e. The van der Waals surface area contributed by atoms with Gasteiger partial charge in [0.15, 0.2) is 11.2 Å². The van der Waals surface area contributed by atoms with Crippen LogP contribution in [0.5, 0.6) is 17.2 Å². The lowest BCUT2D eigenvalue weighted by Gasteiger charge is -2.12. The number of benzene rings is 2. The Balaban J connectivity index is 1.59. The normalized spacial score (nSPS) is 10.7. The number of aromatic nitrogens is 5. The fourth-order valence-corrected chi connectivity index (χ4v) is 3.11. The minimum atomic E-state index is -0.484. The summed E-state index contributed by atoms with van der Waals surface area (Å²) in [6.07, 6.45) is 1.29. The number of carbonyl (C=O) groups is 1. The van der Waals surface area contributed by atoms with Crippen molar-refractivity contribution in [3.63, 3.8) is 0 Å². The van der Waals surface area contributed by atoms with Crippen molar-refractivity contribution in [2.24, 2.45) is 0 Å². The molecule has 0 fully saturated rings. The molecule has 0 spiro atoms. The number of fused-ring (bicyclic) bond motifs is 1. The van der Waals surface area contributed by atoms with Crippen LogP contribution in [0.3, 0.4) is 0 Å². The number of anilines is 1. The first kappa shape index (κ1) is 20.8. The third kappa shape index (κ3) is 3.95. The Morgan fingerprint density at radius 3 is 2.41 bits per heavy atom. The summed E-state index contributed by atoms with van der Waals surface area (Å²) in [6, 6.07) is 12.1. The topological polar surface area (TPSA) is 122 Å². The summed E-state index contributed by atoms with van der Waals surface area (Å²) in [5.41, 5.74) is 0.939. The molecule has 2 aromatic heterocycles. The van der Waals surface area contributed by atoms with Gasteiger partial charge in [-0.3, -0.25) is 14.2 Å². The highest BCUT2D eigenvalue weighted by atomic mass is 16.5. The van der Waals surface area contributed by atoms with Crippen molar-refractivity contribution in [1.82, 2.24) is 24.5 Å². The first-order valence-electron chi connectivity index (χ1n) is 9.51. The fourth-order valence-electron chi connectivity index (χ4n) is 3.11. The molecular formula is C21H20N6O5. The van der Waals surface area contributed by atoms with E-state index < -0.39 is 11.5 Å². The molecule has 0 saturated heterocycles. The van der Waals surface area contributed by atoms with Crippen LogP contribution in [0.2, 0.25) is 0 Å². The summed E-state index contributed by atoms with van der Waals surface area (Å²) >= 11 is 0. The van der Waals surface area contributed by atoms with Crippen LogP contribution in [-0.2, 0) is 11.3 Å². The molecule has 1 amide bonds. The zero-order valence-electron chi connectivity index (χ0n) is 17.6. The average Bonchev–Trinajstić information content (AvgIpc) is 3.25. The summed E-state index contributed by atoms with van der Waals surface area (Å²) in [5.74, 6) is 1.26. The Morgan fingerprint density at radius 2 is 1.72 bits per heavy atom. The number of hydrogen-bond acceptors (Lipinski definition) is 8. The van der Waals surface area contributed by atoms with Crippen LogP contribution in [0.4, 0.5) is 5.69 Å². The second kappa shape index (κ2) is 8.76. The zero-order valence-corrected chi connectivity index (χ0v) is 17.6. The molecule has 32 heavy (non-hydrogen) atoms. The molecule has 0 aliphatic heterocycles. The van der Waals surface area contributed by atoms with Gasteiger partial charge in [0.2, 0.25) is 5.91 Å². The van der Waals surface area contributed by atoms with E-state index in [1.54, 1.807) is 49.6 Å². The fraction of sp³-hybridized carbons (Fsp3) is 0.190. The predicted octanol–water partition coefficient (Wildman–Crippen LogP) is 1.64. The predicted molar refractivity (Wildman–Crippen MR) is 116 cm³/mol. The molecule has 11 nitrogen and oxygen atoms in total. The van der Waals surface area contributed by atoms with Crippen molar-refractivity contribution < 1.29 is 19.0 Å². The molecule has 0 atom stereocenters. The minimum Gasteiger partial charge on any atom is -0.497 e. The Hall–Kier alpha value is -4.41. The van der Waals surface area contributed by atoms with Gasteiger partial charge in [-0.15, -0.1) is 5.10 Å². The van der Waals surface area contributed by atoms with Crippen LogP contribution < -0.4 is 25.1 Å². The quantitative estimate of drug-likeness (QED) is 0.464. The van der Waals surface area contributed by atoms with Crippen molar-refractivity contribution >= 4 is 22.8 Å². The summed E-state index contributed by atoms with van der Waals surface area (Å²) in [7, 11) is 4.59. The second-order valence-electron chi connectivity index (χ2n) is 6.66. The highest BCUT2D eigenvalue weighted by Gasteiger charge is 2.16. The Kier molecular flexibility index (Phi) is 5.71. The van der Waals surface area contributed by atoms with Gasteiger partial charge in [-0.25, -0.2) is 4.98 Å². The van der Waals surface area contributed by atoms with Gasteiger partial charge in [-0.05, 0) is 36.4 Å². The van der Waals surface area contributed by atoms with Crippen molar-refractivity contribution in [1.29, 1.82) is 0 Å². The average molecular weight is 436 g/mol. The Morgan fingerprint density at radius 1 is 1.00 bits per heavy atom. The first-order valence-corrected chi connectivity index (χ1v) is 9.51. The summed E-state index contributed by atoms with van der Waals surface area (Å²) in [5, 5.41) is 10.7. The minimum absolute atomic E-state index is 0.0510. The Bertz CT molecular complexity index is 1330. The molecule has 1 N–H and O–H groups in total. The third-order valence-electron chi connectivity index (χ3n) is 4.74.